The first-order valence-corrected chi connectivity index (χ1v) is 4.24. The molecule has 1 saturated heterocycles. The fourth-order valence-electron chi connectivity index (χ4n) is 1.80. The minimum atomic E-state index is -0.400. The van der Waals surface area contributed by atoms with Gasteiger partial charge in [0, 0.05) is 7.11 Å². The van der Waals surface area contributed by atoms with E-state index in [2.05, 4.69) is 0 Å². The fourth-order valence-corrected chi connectivity index (χ4v) is 1.80. The molecular weight excluding hydrogens is 144 g/mol. The summed E-state index contributed by atoms with van der Waals surface area (Å²) in [5.41, 5.74) is 0. The minimum Gasteiger partial charge on any atom is -0.333 e. The summed E-state index contributed by atoms with van der Waals surface area (Å²) < 4.78 is 15.9. The number of methoxy groups -OCH3 is 1. The third-order valence-corrected chi connectivity index (χ3v) is 2.41. The highest BCUT2D eigenvalue weighted by atomic mass is 16.9. The van der Waals surface area contributed by atoms with Crippen LogP contribution >= 0.6 is 0 Å². The normalized spacial score (nSPS) is 43.9. The van der Waals surface area contributed by atoms with Gasteiger partial charge in [-0.1, -0.05) is 12.8 Å². The first-order valence-electron chi connectivity index (χ1n) is 4.24. The van der Waals surface area contributed by atoms with Crippen LogP contribution in [0.15, 0.2) is 0 Å². The predicted molar refractivity (Wildman–Crippen MR) is 39.0 cm³/mol. The van der Waals surface area contributed by atoms with Crippen molar-refractivity contribution in [2.75, 3.05) is 7.11 Å². The second-order valence-corrected chi connectivity index (χ2v) is 3.16. The SMILES string of the molecule is COC1OC2CCCCC2O1. The van der Waals surface area contributed by atoms with E-state index in [9.17, 15) is 0 Å². The minimum absolute atomic E-state index is 0.300. The molecule has 3 heteroatoms. The Morgan fingerprint density at radius 3 is 2.09 bits per heavy atom. The molecule has 64 valence electrons. The second-order valence-electron chi connectivity index (χ2n) is 3.16. The summed E-state index contributed by atoms with van der Waals surface area (Å²) in [6.07, 6.45) is 5.39. The summed E-state index contributed by atoms with van der Waals surface area (Å²) in [5.74, 6) is 0. The van der Waals surface area contributed by atoms with Crippen molar-refractivity contribution >= 4 is 0 Å². The largest absolute Gasteiger partial charge is 0.333 e. The van der Waals surface area contributed by atoms with Crippen molar-refractivity contribution in [3.05, 3.63) is 0 Å². The van der Waals surface area contributed by atoms with Gasteiger partial charge in [-0.15, -0.1) is 0 Å². The van der Waals surface area contributed by atoms with Gasteiger partial charge < -0.3 is 14.2 Å². The molecule has 1 heterocycles. The zero-order chi connectivity index (χ0) is 7.68. The summed E-state index contributed by atoms with van der Waals surface area (Å²) in [4.78, 5) is 0. The standard InChI is InChI=1S/C8H14O3/c1-9-8-10-6-4-2-3-5-7(6)11-8/h6-8H,2-5H2,1H3. The summed E-state index contributed by atoms with van der Waals surface area (Å²) in [6.45, 7) is -0.400. The van der Waals surface area contributed by atoms with E-state index in [0.29, 0.717) is 12.2 Å². The monoisotopic (exact) mass is 158 g/mol. The summed E-state index contributed by atoms with van der Waals surface area (Å²) >= 11 is 0. The fraction of sp³-hybridized carbons (Fsp3) is 1.00. The number of hydrogen-bond acceptors (Lipinski definition) is 3. The third-order valence-electron chi connectivity index (χ3n) is 2.41. The quantitative estimate of drug-likeness (QED) is 0.575. The van der Waals surface area contributed by atoms with Crippen molar-refractivity contribution < 1.29 is 14.2 Å². The van der Waals surface area contributed by atoms with Crippen molar-refractivity contribution in [3.8, 4) is 0 Å². The van der Waals surface area contributed by atoms with Crippen molar-refractivity contribution in [2.45, 2.75) is 44.4 Å². The Bertz CT molecular complexity index is 123. The van der Waals surface area contributed by atoms with Gasteiger partial charge in [-0.25, -0.2) is 0 Å². The van der Waals surface area contributed by atoms with Gasteiger partial charge in [0.15, 0.2) is 0 Å². The van der Waals surface area contributed by atoms with E-state index < -0.39 is 6.48 Å². The molecule has 0 N–H and O–H groups in total. The van der Waals surface area contributed by atoms with Gasteiger partial charge >= 0.3 is 0 Å². The number of rotatable bonds is 1. The maximum atomic E-state index is 5.47. The average Bonchev–Trinajstić information content (AvgIpc) is 2.46. The Hall–Kier alpha value is -0.120. The van der Waals surface area contributed by atoms with E-state index in [1.807, 2.05) is 0 Å². The molecular formula is C8H14O3. The topological polar surface area (TPSA) is 27.7 Å². The van der Waals surface area contributed by atoms with Gasteiger partial charge in [-0.3, -0.25) is 0 Å². The number of ether oxygens (including phenoxy) is 3. The molecule has 0 spiro atoms. The molecule has 1 saturated carbocycles. The molecule has 0 amide bonds. The molecule has 2 unspecified atom stereocenters. The van der Waals surface area contributed by atoms with E-state index in [4.69, 9.17) is 14.2 Å². The number of hydrogen-bond donors (Lipinski definition) is 0. The Morgan fingerprint density at radius 2 is 1.64 bits per heavy atom. The first-order chi connectivity index (χ1) is 5.40. The lowest BCUT2D eigenvalue weighted by Crippen LogP contribution is -2.25. The van der Waals surface area contributed by atoms with Gasteiger partial charge in [0.2, 0.25) is 0 Å². The lowest BCUT2D eigenvalue weighted by Gasteiger charge is -2.20. The molecule has 0 bridgehead atoms. The van der Waals surface area contributed by atoms with Crippen molar-refractivity contribution in [1.29, 1.82) is 0 Å². The first kappa shape index (κ1) is 7.53. The predicted octanol–water partition coefficient (Wildman–Crippen LogP) is 1.27. The molecule has 0 aromatic heterocycles. The highest BCUT2D eigenvalue weighted by molar-refractivity contribution is 4.79. The van der Waals surface area contributed by atoms with E-state index >= 15 is 0 Å². The van der Waals surface area contributed by atoms with Crippen LogP contribution < -0.4 is 0 Å². The maximum Gasteiger partial charge on any atom is 0.272 e. The molecule has 2 fully saturated rings. The summed E-state index contributed by atoms with van der Waals surface area (Å²) in [6, 6.07) is 0. The molecule has 2 atom stereocenters. The van der Waals surface area contributed by atoms with E-state index in [1.165, 1.54) is 12.8 Å². The van der Waals surface area contributed by atoms with Gasteiger partial charge in [0.1, 0.15) is 0 Å². The molecule has 3 nitrogen and oxygen atoms in total. The molecule has 1 aliphatic heterocycles. The maximum absolute atomic E-state index is 5.47. The summed E-state index contributed by atoms with van der Waals surface area (Å²) in [5, 5.41) is 0. The van der Waals surface area contributed by atoms with Crippen LogP contribution in [-0.4, -0.2) is 25.8 Å². The van der Waals surface area contributed by atoms with Crippen LogP contribution in [0, 0.1) is 0 Å². The lowest BCUT2D eigenvalue weighted by atomic mass is 9.95. The zero-order valence-corrected chi connectivity index (χ0v) is 6.79. The molecule has 1 aliphatic carbocycles. The van der Waals surface area contributed by atoms with Crippen molar-refractivity contribution in [1.82, 2.24) is 0 Å². The molecule has 0 aromatic carbocycles. The Labute approximate surface area is 66.6 Å². The van der Waals surface area contributed by atoms with Crippen LogP contribution in [-0.2, 0) is 14.2 Å². The van der Waals surface area contributed by atoms with Gasteiger partial charge in [-0.05, 0) is 12.8 Å². The molecule has 11 heavy (non-hydrogen) atoms. The Balaban J connectivity index is 1.92. The highest BCUT2D eigenvalue weighted by Crippen LogP contribution is 2.31. The Morgan fingerprint density at radius 1 is 1.09 bits per heavy atom. The van der Waals surface area contributed by atoms with E-state index in [0.717, 1.165) is 12.8 Å². The van der Waals surface area contributed by atoms with Crippen molar-refractivity contribution in [3.63, 3.8) is 0 Å². The third kappa shape index (κ3) is 1.41. The smallest absolute Gasteiger partial charge is 0.272 e. The van der Waals surface area contributed by atoms with Gasteiger partial charge in [0.05, 0.1) is 12.2 Å². The zero-order valence-electron chi connectivity index (χ0n) is 6.79. The lowest BCUT2D eigenvalue weighted by molar-refractivity contribution is -0.227. The van der Waals surface area contributed by atoms with Crippen LogP contribution in [0.4, 0.5) is 0 Å². The second kappa shape index (κ2) is 3.09. The van der Waals surface area contributed by atoms with Crippen LogP contribution in [0.2, 0.25) is 0 Å². The van der Waals surface area contributed by atoms with Crippen LogP contribution in [0.3, 0.4) is 0 Å². The van der Waals surface area contributed by atoms with E-state index in [-0.39, 0.29) is 0 Å². The Kier molecular flexibility index (Phi) is 2.11. The molecule has 0 aromatic rings. The van der Waals surface area contributed by atoms with Crippen LogP contribution in [0.5, 0.6) is 0 Å². The average molecular weight is 158 g/mol. The number of fused-ring (bicyclic) bond motifs is 1. The summed E-state index contributed by atoms with van der Waals surface area (Å²) in [7, 11) is 1.61. The van der Waals surface area contributed by atoms with Gasteiger partial charge in [-0.2, -0.15) is 0 Å². The van der Waals surface area contributed by atoms with E-state index in [1.54, 1.807) is 7.11 Å². The van der Waals surface area contributed by atoms with Crippen LogP contribution in [0.25, 0.3) is 0 Å². The molecule has 2 aliphatic rings. The highest BCUT2D eigenvalue weighted by Gasteiger charge is 2.37. The molecule has 2 rings (SSSR count). The van der Waals surface area contributed by atoms with Crippen LogP contribution in [0.1, 0.15) is 25.7 Å². The molecule has 0 radical (unpaired) electrons. The van der Waals surface area contributed by atoms with Crippen molar-refractivity contribution in [2.24, 2.45) is 0 Å². The van der Waals surface area contributed by atoms with Gasteiger partial charge in [0.25, 0.3) is 6.48 Å².